The number of nitrogens with one attached hydrogen (secondary N) is 1. The van der Waals surface area contributed by atoms with Crippen LogP contribution in [0.4, 0.5) is 0 Å². The molecule has 5 heteroatoms. The van der Waals surface area contributed by atoms with Crippen LogP contribution in [0.25, 0.3) is 0 Å². The van der Waals surface area contributed by atoms with Crippen LogP contribution in [0.15, 0.2) is 36.9 Å². The summed E-state index contributed by atoms with van der Waals surface area (Å²) in [4.78, 5) is 15.9. The molecule has 19 heavy (non-hydrogen) atoms. The van der Waals surface area contributed by atoms with Crippen molar-refractivity contribution in [3.05, 3.63) is 42.5 Å². The molecule has 0 aromatic heterocycles. The van der Waals surface area contributed by atoms with Gasteiger partial charge < -0.3 is 9.47 Å². The SMILES string of the molecule is C=CC.CNOCc1cccc(OCC(=O)OC)c1. The van der Waals surface area contributed by atoms with Gasteiger partial charge >= 0.3 is 5.97 Å². The third kappa shape index (κ3) is 8.82. The van der Waals surface area contributed by atoms with Crippen molar-refractivity contribution in [2.75, 3.05) is 20.8 Å². The van der Waals surface area contributed by atoms with Crippen molar-refractivity contribution in [1.29, 1.82) is 0 Å². The van der Waals surface area contributed by atoms with Crippen molar-refractivity contribution < 1.29 is 19.1 Å². The van der Waals surface area contributed by atoms with Gasteiger partial charge in [0, 0.05) is 7.05 Å². The van der Waals surface area contributed by atoms with Gasteiger partial charge in [0.25, 0.3) is 0 Å². The quantitative estimate of drug-likeness (QED) is 0.486. The number of esters is 1. The monoisotopic (exact) mass is 267 g/mol. The molecule has 0 atom stereocenters. The van der Waals surface area contributed by atoms with Crippen LogP contribution in [0.1, 0.15) is 12.5 Å². The lowest BCUT2D eigenvalue weighted by Crippen LogP contribution is -2.12. The maximum Gasteiger partial charge on any atom is 0.343 e. The number of hydrogen-bond donors (Lipinski definition) is 1. The summed E-state index contributed by atoms with van der Waals surface area (Å²) in [6, 6.07) is 7.31. The van der Waals surface area contributed by atoms with Crippen molar-refractivity contribution in [1.82, 2.24) is 5.48 Å². The van der Waals surface area contributed by atoms with Gasteiger partial charge in [-0.1, -0.05) is 18.2 Å². The average Bonchev–Trinajstić information content (AvgIpc) is 2.44. The summed E-state index contributed by atoms with van der Waals surface area (Å²) >= 11 is 0. The van der Waals surface area contributed by atoms with E-state index in [9.17, 15) is 4.79 Å². The predicted octanol–water partition coefficient (Wildman–Crippen LogP) is 2.08. The molecule has 1 aromatic carbocycles. The summed E-state index contributed by atoms with van der Waals surface area (Å²) in [6.07, 6.45) is 1.75. The highest BCUT2D eigenvalue weighted by Crippen LogP contribution is 2.13. The molecular weight excluding hydrogens is 246 g/mol. The molecule has 0 aliphatic rings. The van der Waals surface area contributed by atoms with E-state index in [1.54, 1.807) is 25.3 Å². The van der Waals surface area contributed by atoms with Crippen molar-refractivity contribution >= 4 is 5.97 Å². The predicted molar refractivity (Wildman–Crippen MR) is 73.7 cm³/mol. The second-order valence-electron chi connectivity index (χ2n) is 3.41. The number of carbonyl (C=O) groups excluding carboxylic acids is 1. The van der Waals surface area contributed by atoms with Crippen LogP contribution in [-0.2, 0) is 21.0 Å². The zero-order valence-corrected chi connectivity index (χ0v) is 11.6. The third-order valence-electron chi connectivity index (χ3n) is 1.87. The molecule has 0 aliphatic heterocycles. The van der Waals surface area contributed by atoms with Crippen molar-refractivity contribution in [2.24, 2.45) is 0 Å². The molecule has 1 aromatic rings. The van der Waals surface area contributed by atoms with Crippen molar-refractivity contribution in [2.45, 2.75) is 13.5 Å². The number of hydrogen-bond acceptors (Lipinski definition) is 5. The van der Waals surface area contributed by atoms with Crippen LogP contribution in [0.5, 0.6) is 5.75 Å². The number of carbonyl (C=O) groups is 1. The molecular formula is C14H21NO4. The van der Waals surface area contributed by atoms with E-state index in [1.165, 1.54) is 7.11 Å². The number of rotatable bonds is 6. The molecule has 0 unspecified atom stereocenters. The van der Waals surface area contributed by atoms with Gasteiger partial charge in [0.1, 0.15) is 5.75 Å². The van der Waals surface area contributed by atoms with E-state index in [1.807, 2.05) is 19.1 Å². The zero-order valence-electron chi connectivity index (χ0n) is 11.6. The molecule has 0 bridgehead atoms. The standard InChI is InChI=1S/C11H15NO4.C3H6/c1-12-16-7-9-4-3-5-10(6-9)15-8-11(13)14-2;1-3-2/h3-6,12H,7-8H2,1-2H3;3H,1H2,2H3. The molecule has 0 fully saturated rings. The Bertz CT molecular complexity index is 379. The van der Waals surface area contributed by atoms with Crippen LogP contribution in [0.2, 0.25) is 0 Å². The fourth-order valence-corrected chi connectivity index (χ4v) is 1.08. The van der Waals surface area contributed by atoms with Gasteiger partial charge in [0.05, 0.1) is 13.7 Å². The summed E-state index contributed by atoms with van der Waals surface area (Å²) in [6.45, 7) is 5.60. The van der Waals surface area contributed by atoms with E-state index >= 15 is 0 Å². The summed E-state index contributed by atoms with van der Waals surface area (Å²) < 4.78 is 9.70. The Morgan fingerprint density at radius 3 is 2.74 bits per heavy atom. The lowest BCUT2D eigenvalue weighted by molar-refractivity contribution is -0.142. The molecule has 0 spiro atoms. The van der Waals surface area contributed by atoms with E-state index in [0.29, 0.717) is 12.4 Å². The molecule has 5 nitrogen and oxygen atoms in total. The zero-order chi connectivity index (χ0) is 14.5. The Hall–Kier alpha value is -1.85. The van der Waals surface area contributed by atoms with Crippen molar-refractivity contribution in [3.63, 3.8) is 0 Å². The largest absolute Gasteiger partial charge is 0.482 e. The topological polar surface area (TPSA) is 56.8 Å². The summed E-state index contributed by atoms with van der Waals surface area (Å²) in [5.74, 6) is 0.208. The average molecular weight is 267 g/mol. The van der Waals surface area contributed by atoms with Gasteiger partial charge in [-0.25, -0.2) is 10.3 Å². The Balaban J connectivity index is 0.000000982. The first kappa shape index (κ1) is 17.2. The highest BCUT2D eigenvalue weighted by molar-refractivity contribution is 5.70. The Morgan fingerprint density at radius 2 is 2.16 bits per heavy atom. The molecule has 0 radical (unpaired) electrons. The summed E-state index contributed by atoms with van der Waals surface area (Å²) in [5, 5.41) is 0. The Morgan fingerprint density at radius 1 is 1.47 bits per heavy atom. The van der Waals surface area contributed by atoms with Crippen LogP contribution in [-0.4, -0.2) is 26.7 Å². The van der Waals surface area contributed by atoms with Gasteiger partial charge in [0.2, 0.25) is 0 Å². The van der Waals surface area contributed by atoms with Crippen LogP contribution < -0.4 is 10.2 Å². The van der Waals surface area contributed by atoms with Crippen molar-refractivity contribution in [3.8, 4) is 5.75 Å². The first-order valence-electron chi connectivity index (χ1n) is 5.82. The highest BCUT2D eigenvalue weighted by Gasteiger charge is 2.02. The molecule has 1 rings (SSSR count). The van der Waals surface area contributed by atoms with Crippen LogP contribution in [0, 0.1) is 0 Å². The van der Waals surface area contributed by atoms with Gasteiger partial charge in [-0.05, 0) is 24.6 Å². The molecule has 0 saturated heterocycles. The molecule has 0 amide bonds. The molecule has 0 heterocycles. The second kappa shape index (κ2) is 11.3. The normalized spacial score (nSPS) is 9.00. The maximum atomic E-state index is 10.9. The number of benzene rings is 1. The number of methoxy groups -OCH3 is 1. The van der Waals surface area contributed by atoms with Gasteiger partial charge in [-0.3, -0.25) is 4.84 Å². The second-order valence-corrected chi connectivity index (χ2v) is 3.41. The number of allylic oxidation sites excluding steroid dienone is 1. The Kier molecular flexibility index (Phi) is 10.2. The molecule has 106 valence electrons. The third-order valence-corrected chi connectivity index (χ3v) is 1.87. The number of ether oxygens (including phenoxy) is 2. The van der Waals surface area contributed by atoms with E-state index in [2.05, 4.69) is 16.8 Å². The lowest BCUT2D eigenvalue weighted by atomic mass is 10.2. The molecule has 1 N–H and O–H groups in total. The fourth-order valence-electron chi connectivity index (χ4n) is 1.08. The summed E-state index contributed by atoms with van der Waals surface area (Å²) in [5.41, 5.74) is 3.54. The van der Waals surface area contributed by atoms with Crippen LogP contribution >= 0.6 is 0 Å². The van der Waals surface area contributed by atoms with Gasteiger partial charge in [-0.15, -0.1) is 6.58 Å². The summed E-state index contributed by atoms with van der Waals surface area (Å²) in [7, 11) is 3.01. The van der Waals surface area contributed by atoms with E-state index in [4.69, 9.17) is 9.57 Å². The van der Waals surface area contributed by atoms with Gasteiger partial charge in [0.15, 0.2) is 6.61 Å². The van der Waals surface area contributed by atoms with E-state index in [0.717, 1.165) is 5.56 Å². The minimum atomic E-state index is -0.406. The fraction of sp³-hybridized carbons (Fsp3) is 0.357. The molecule has 0 aliphatic carbocycles. The smallest absolute Gasteiger partial charge is 0.343 e. The maximum absolute atomic E-state index is 10.9. The number of hydroxylamine groups is 1. The molecule has 0 saturated carbocycles. The Labute approximate surface area is 114 Å². The van der Waals surface area contributed by atoms with E-state index in [-0.39, 0.29) is 6.61 Å². The van der Waals surface area contributed by atoms with Gasteiger partial charge in [-0.2, -0.15) is 0 Å². The van der Waals surface area contributed by atoms with E-state index < -0.39 is 5.97 Å². The van der Waals surface area contributed by atoms with Crippen LogP contribution in [0.3, 0.4) is 0 Å². The minimum Gasteiger partial charge on any atom is -0.482 e. The first-order valence-corrected chi connectivity index (χ1v) is 5.82. The minimum absolute atomic E-state index is 0.0904. The first-order chi connectivity index (χ1) is 9.17. The highest BCUT2D eigenvalue weighted by atomic mass is 16.6. The lowest BCUT2D eigenvalue weighted by Gasteiger charge is -2.07.